The summed E-state index contributed by atoms with van der Waals surface area (Å²) in [4.78, 5) is 24.3. The molecular formula is C22H21ClF2N2O5. The molecule has 1 aliphatic rings. The van der Waals surface area contributed by atoms with E-state index in [0.29, 0.717) is 22.0 Å². The highest BCUT2D eigenvalue weighted by molar-refractivity contribution is 6.30. The molecule has 32 heavy (non-hydrogen) atoms. The van der Waals surface area contributed by atoms with Crippen molar-refractivity contribution in [2.75, 3.05) is 13.2 Å². The highest BCUT2D eigenvalue weighted by Gasteiger charge is 2.32. The maximum Gasteiger partial charge on any atom is 0.265 e. The third-order valence-corrected chi connectivity index (χ3v) is 4.87. The number of fused-ring (bicyclic) bond motifs is 1. The van der Waals surface area contributed by atoms with E-state index < -0.39 is 35.7 Å². The summed E-state index contributed by atoms with van der Waals surface area (Å²) >= 11 is 5.92. The quantitative estimate of drug-likeness (QED) is 0.555. The van der Waals surface area contributed by atoms with Gasteiger partial charge in [0.05, 0.1) is 6.10 Å². The van der Waals surface area contributed by atoms with E-state index in [-0.39, 0.29) is 31.7 Å². The number of nitrogens with one attached hydrogen (secondary N) is 2. The molecule has 0 spiro atoms. The van der Waals surface area contributed by atoms with Crippen LogP contribution in [0.5, 0.6) is 11.5 Å². The first-order valence-corrected chi connectivity index (χ1v) is 10.1. The molecule has 3 N–H and O–H groups in total. The molecule has 0 saturated carbocycles. The van der Waals surface area contributed by atoms with E-state index in [1.54, 1.807) is 18.2 Å². The van der Waals surface area contributed by atoms with Crippen molar-refractivity contribution in [1.29, 1.82) is 0 Å². The second-order valence-electron chi connectivity index (χ2n) is 7.10. The Morgan fingerprint density at radius 3 is 2.75 bits per heavy atom. The molecule has 170 valence electrons. The average Bonchev–Trinajstić information content (AvgIpc) is 2.75. The molecule has 2 amide bonds. The van der Waals surface area contributed by atoms with Gasteiger partial charge in [-0.15, -0.1) is 0 Å². The summed E-state index contributed by atoms with van der Waals surface area (Å²) in [5, 5.41) is 15.9. The Labute approximate surface area is 188 Å². The van der Waals surface area contributed by atoms with Gasteiger partial charge in [0.1, 0.15) is 11.5 Å². The van der Waals surface area contributed by atoms with Crippen molar-refractivity contribution in [3.8, 4) is 11.5 Å². The molecule has 0 unspecified atom stereocenters. The van der Waals surface area contributed by atoms with Crippen LogP contribution < -0.4 is 20.1 Å². The van der Waals surface area contributed by atoms with E-state index in [1.165, 1.54) is 6.07 Å². The molecule has 2 atom stereocenters. The van der Waals surface area contributed by atoms with Gasteiger partial charge in [0.25, 0.3) is 11.8 Å². The van der Waals surface area contributed by atoms with Crippen LogP contribution in [0.2, 0.25) is 5.02 Å². The van der Waals surface area contributed by atoms with Gasteiger partial charge in [0.15, 0.2) is 24.3 Å². The monoisotopic (exact) mass is 466 g/mol. The Kier molecular flexibility index (Phi) is 7.66. The summed E-state index contributed by atoms with van der Waals surface area (Å²) in [6, 6.07) is 7.74. The minimum atomic E-state index is -1.07. The fraction of sp³-hybridized carbons (Fsp3) is 0.273. The van der Waals surface area contributed by atoms with Crippen molar-refractivity contribution in [2.45, 2.75) is 25.0 Å². The lowest BCUT2D eigenvalue weighted by Gasteiger charge is -2.29. The van der Waals surface area contributed by atoms with Crippen LogP contribution in [-0.4, -0.2) is 36.2 Å². The number of hydrogen-bond acceptors (Lipinski definition) is 5. The van der Waals surface area contributed by atoms with Crippen molar-refractivity contribution in [2.24, 2.45) is 0 Å². The van der Waals surface area contributed by atoms with Crippen LogP contribution in [0.4, 0.5) is 8.78 Å². The lowest BCUT2D eigenvalue weighted by molar-refractivity contribution is -0.129. The van der Waals surface area contributed by atoms with Gasteiger partial charge in [0, 0.05) is 41.7 Å². The van der Waals surface area contributed by atoms with E-state index >= 15 is 0 Å². The number of aliphatic hydroxyl groups is 1. The van der Waals surface area contributed by atoms with Gasteiger partial charge in [-0.05, 0) is 30.3 Å². The van der Waals surface area contributed by atoms with E-state index in [4.69, 9.17) is 21.1 Å². The summed E-state index contributed by atoms with van der Waals surface area (Å²) in [5.41, 5.74) is 0.866. The Morgan fingerprint density at radius 1 is 1.22 bits per heavy atom. The molecule has 2 aromatic rings. The lowest BCUT2D eigenvalue weighted by Crippen LogP contribution is -2.41. The fourth-order valence-corrected chi connectivity index (χ4v) is 3.20. The molecule has 0 fully saturated rings. The number of benzene rings is 2. The Morgan fingerprint density at radius 2 is 2.00 bits per heavy atom. The molecule has 2 aromatic carbocycles. The van der Waals surface area contributed by atoms with Gasteiger partial charge in [-0.25, -0.2) is 8.78 Å². The fourth-order valence-electron chi connectivity index (χ4n) is 3.02. The van der Waals surface area contributed by atoms with E-state index in [2.05, 4.69) is 17.2 Å². The summed E-state index contributed by atoms with van der Waals surface area (Å²) in [7, 11) is 0. The largest absolute Gasteiger partial charge is 0.484 e. The van der Waals surface area contributed by atoms with Crippen molar-refractivity contribution < 1.29 is 33.0 Å². The molecule has 0 aromatic heterocycles. The highest BCUT2D eigenvalue weighted by atomic mass is 35.5. The van der Waals surface area contributed by atoms with Gasteiger partial charge in [0.2, 0.25) is 0 Å². The molecule has 10 heteroatoms. The molecular weight excluding hydrogens is 446 g/mol. The summed E-state index contributed by atoms with van der Waals surface area (Å²) in [6.45, 7) is 3.52. The van der Waals surface area contributed by atoms with Crippen LogP contribution in [0.1, 0.15) is 24.5 Å². The molecule has 1 heterocycles. The third-order valence-electron chi connectivity index (χ3n) is 4.64. The van der Waals surface area contributed by atoms with E-state index in [0.717, 1.165) is 12.1 Å². The van der Waals surface area contributed by atoms with Crippen LogP contribution in [0.25, 0.3) is 0 Å². The molecule has 0 bridgehead atoms. The smallest absolute Gasteiger partial charge is 0.265 e. The van der Waals surface area contributed by atoms with Crippen LogP contribution >= 0.6 is 11.6 Å². The summed E-state index contributed by atoms with van der Waals surface area (Å²) in [6.07, 6.45) is -1.50. The number of amides is 2. The topological polar surface area (TPSA) is 96.9 Å². The number of ether oxygens (including phenoxy) is 2. The Hall–Kier alpha value is -3.17. The maximum absolute atomic E-state index is 13.1. The zero-order valence-electron chi connectivity index (χ0n) is 16.9. The zero-order chi connectivity index (χ0) is 23.3. The number of aliphatic hydroxyl groups excluding tert-OH is 1. The number of halogens is 3. The Balaban J connectivity index is 1.39. The summed E-state index contributed by atoms with van der Waals surface area (Å²) in [5.74, 6) is -2.63. The normalized spacial score (nSPS) is 17.0. The first kappa shape index (κ1) is 23.5. The predicted molar refractivity (Wildman–Crippen MR) is 112 cm³/mol. The van der Waals surface area contributed by atoms with E-state index in [1.807, 2.05) is 0 Å². The van der Waals surface area contributed by atoms with E-state index in [9.17, 15) is 23.5 Å². The molecule has 0 aliphatic carbocycles. The van der Waals surface area contributed by atoms with Gasteiger partial charge in [-0.1, -0.05) is 18.2 Å². The van der Waals surface area contributed by atoms with Crippen molar-refractivity contribution in [1.82, 2.24) is 10.6 Å². The van der Waals surface area contributed by atoms with Gasteiger partial charge in [-0.2, -0.15) is 0 Å². The first-order valence-electron chi connectivity index (χ1n) is 9.70. The molecule has 0 radical (unpaired) electrons. The van der Waals surface area contributed by atoms with Crippen LogP contribution in [0, 0.1) is 11.6 Å². The molecule has 0 saturated heterocycles. The van der Waals surface area contributed by atoms with Crippen LogP contribution in [0.15, 0.2) is 48.7 Å². The average molecular weight is 467 g/mol. The van der Waals surface area contributed by atoms with Gasteiger partial charge >= 0.3 is 0 Å². The zero-order valence-corrected chi connectivity index (χ0v) is 17.6. The van der Waals surface area contributed by atoms with Gasteiger partial charge < -0.3 is 25.2 Å². The SMILES string of the molecule is C=C(CCNC(=O)COc1ccc(F)c(F)c1)NC(=O)[C@H]1C[C@@H](O)c2cc(Cl)ccc2O1. The number of carbonyl (C=O) groups is 2. The minimum Gasteiger partial charge on any atom is -0.484 e. The minimum absolute atomic E-state index is 0.0224. The van der Waals surface area contributed by atoms with Gasteiger partial charge in [-0.3, -0.25) is 9.59 Å². The molecule has 1 aliphatic heterocycles. The number of rotatable bonds is 8. The Bertz CT molecular complexity index is 1030. The standard InChI is InChI=1S/C22H21ClF2N2O5/c1-12(6-7-26-21(29)11-31-14-3-4-16(24)17(25)9-14)27-22(30)20-10-18(28)15-8-13(23)2-5-19(15)32-20/h2-5,8-9,18,20,28H,1,6-7,10-11H2,(H,26,29)(H,27,30)/t18-,20-/m1/s1. The molecule has 7 nitrogen and oxygen atoms in total. The molecule has 3 rings (SSSR count). The predicted octanol–water partition coefficient (Wildman–Crippen LogP) is 3.02. The number of carbonyl (C=O) groups excluding carboxylic acids is 2. The van der Waals surface area contributed by atoms with Crippen LogP contribution in [-0.2, 0) is 9.59 Å². The van der Waals surface area contributed by atoms with Crippen molar-refractivity contribution in [3.63, 3.8) is 0 Å². The number of hydrogen-bond donors (Lipinski definition) is 3. The van der Waals surface area contributed by atoms with Crippen LogP contribution in [0.3, 0.4) is 0 Å². The first-order chi connectivity index (χ1) is 15.2. The maximum atomic E-state index is 13.1. The third kappa shape index (κ3) is 6.18. The van der Waals surface area contributed by atoms with Crippen molar-refractivity contribution in [3.05, 3.63) is 70.9 Å². The highest BCUT2D eigenvalue weighted by Crippen LogP contribution is 2.36. The van der Waals surface area contributed by atoms with Crippen molar-refractivity contribution >= 4 is 23.4 Å². The second-order valence-corrected chi connectivity index (χ2v) is 7.53. The summed E-state index contributed by atoms with van der Waals surface area (Å²) < 4.78 is 36.7. The second kappa shape index (κ2) is 10.4. The lowest BCUT2D eigenvalue weighted by atomic mass is 9.98.